The van der Waals surface area contributed by atoms with E-state index in [2.05, 4.69) is 10.7 Å². The average Bonchev–Trinajstić information content (AvgIpc) is 3.27. The van der Waals surface area contributed by atoms with Crippen LogP contribution >= 0.6 is 35.0 Å². The maximum Gasteiger partial charge on any atom is 0.373 e. The predicted molar refractivity (Wildman–Crippen MR) is 112 cm³/mol. The first kappa shape index (κ1) is 21.8. The lowest BCUT2D eigenvalue weighted by atomic mass is 10.2. The van der Waals surface area contributed by atoms with Crippen molar-refractivity contribution in [2.45, 2.75) is 6.54 Å². The van der Waals surface area contributed by atoms with Crippen LogP contribution in [-0.4, -0.2) is 35.7 Å². The number of ether oxygens (including phenoxy) is 2. The molecule has 154 valence electrons. The highest BCUT2D eigenvalue weighted by Gasteiger charge is 2.35. The summed E-state index contributed by atoms with van der Waals surface area (Å²) in [5.41, 5.74) is 0.509. The summed E-state index contributed by atoms with van der Waals surface area (Å²) < 4.78 is 15.2. The van der Waals surface area contributed by atoms with E-state index >= 15 is 0 Å². The first-order valence-corrected chi connectivity index (χ1v) is 9.89. The molecule has 1 fully saturated rings. The van der Waals surface area contributed by atoms with Crippen LogP contribution in [-0.2, 0) is 16.1 Å². The smallest absolute Gasteiger partial charge is 0.373 e. The third-order valence-electron chi connectivity index (χ3n) is 3.85. The summed E-state index contributed by atoms with van der Waals surface area (Å²) in [5.74, 6) is 1.63. The van der Waals surface area contributed by atoms with Crippen LogP contribution in [0.5, 0.6) is 5.75 Å². The summed E-state index contributed by atoms with van der Waals surface area (Å²) in [7, 11) is 1.22. The molecular formula is C20H13Cl2NO6S. The van der Waals surface area contributed by atoms with Gasteiger partial charge in [0.25, 0.3) is 11.1 Å². The van der Waals surface area contributed by atoms with Gasteiger partial charge in [-0.15, -0.1) is 6.42 Å². The molecule has 0 aliphatic carbocycles. The summed E-state index contributed by atoms with van der Waals surface area (Å²) in [4.78, 5) is 37.6. The van der Waals surface area contributed by atoms with Gasteiger partial charge in [0.2, 0.25) is 5.76 Å². The minimum atomic E-state index is -0.654. The molecule has 0 N–H and O–H groups in total. The van der Waals surface area contributed by atoms with Crippen LogP contribution in [0.25, 0.3) is 6.08 Å². The fourth-order valence-corrected chi connectivity index (χ4v) is 3.98. The number of nitrogens with zero attached hydrogens (tertiary/aromatic N) is 1. The summed E-state index contributed by atoms with van der Waals surface area (Å²) in [5, 5.41) is -0.0447. The summed E-state index contributed by atoms with van der Waals surface area (Å²) >= 11 is 13.1. The summed E-state index contributed by atoms with van der Waals surface area (Å²) in [6.45, 7) is -0.123. The average molecular weight is 466 g/mol. The molecule has 2 amide bonds. The van der Waals surface area contributed by atoms with Crippen molar-refractivity contribution in [2.24, 2.45) is 0 Å². The normalized spacial score (nSPS) is 14.9. The van der Waals surface area contributed by atoms with Crippen LogP contribution in [0.15, 0.2) is 33.6 Å². The molecule has 30 heavy (non-hydrogen) atoms. The Morgan fingerprint density at radius 3 is 2.63 bits per heavy atom. The Bertz CT molecular complexity index is 1080. The van der Waals surface area contributed by atoms with E-state index in [0.29, 0.717) is 5.56 Å². The molecule has 10 heteroatoms. The zero-order valence-corrected chi connectivity index (χ0v) is 17.8. The second kappa shape index (κ2) is 9.30. The molecule has 0 radical (unpaired) electrons. The molecule has 2 aromatic rings. The number of methoxy groups -OCH3 is 1. The van der Waals surface area contributed by atoms with Gasteiger partial charge in [-0.1, -0.05) is 29.1 Å². The van der Waals surface area contributed by atoms with Crippen molar-refractivity contribution < 1.29 is 28.3 Å². The minimum absolute atomic E-state index is 0.00213. The number of hydrogen-bond acceptors (Lipinski definition) is 7. The van der Waals surface area contributed by atoms with Gasteiger partial charge in [0.15, 0.2) is 5.75 Å². The number of terminal acetylenes is 1. The SMILES string of the molecule is C#CCOc1c(Cl)cc(C=C2SC(=O)N(Cc3ccc(C(=O)OC)o3)C2=O)cc1Cl. The van der Waals surface area contributed by atoms with E-state index in [4.69, 9.17) is 38.8 Å². The number of imide groups is 1. The number of benzene rings is 1. The Kier molecular flexibility index (Phi) is 6.77. The Morgan fingerprint density at radius 2 is 2.00 bits per heavy atom. The van der Waals surface area contributed by atoms with E-state index in [1.165, 1.54) is 25.3 Å². The summed E-state index contributed by atoms with van der Waals surface area (Å²) in [6, 6.07) is 5.99. The molecule has 3 rings (SSSR count). The first-order chi connectivity index (χ1) is 14.3. The number of furan rings is 1. The molecule has 0 unspecified atom stereocenters. The van der Waals surface area contributed by atoms with Crippen molar-refractivity contribution in [3.05, 3.63) is 56.3 Å². The summed E-state index contributed by atoms with van der Waals surface area (Å²) in [6.07, 6.45) is 6.65. The van der Waals surface area contributed by atoms with Gasteiger partial charge < -0.3 is 13.9 Å². The monoisotopic (exact) mass is 465 g/mol. The molecule has 1 aliphatic heterocycles. The van der Waals surface area contributed by atoms with Crippen LogP contribution in [0.3, 0.4) is 0 Å². The van der Waals surface area contributed by atoms with Crippen LogP contribution < -0.4 is 4.74 Å². The number of halogens is 2. The Labute approximate surface area is 185 Å². The van der Waals surface area contributed by atoms with Gasteiger partial charge in [0, 0.05) is 0 Å². The van der Waals surface area contributed by atoms with Crippen molar-refractivity contribution in [1.82, 2.24) is 4.90 Å². The third-order valence-corrected chi connectivity index (χ3v) is 5.32. The van der Waals surface area contributed by atoms with E-state index in [9.17, 15) is 14.4 Å². The zero-order valence-electron chi connectivity index (χ0n) is 15.4. The molecule has 1 aromatic carbocycles. The number of rotatable bonds is 6. The van der Waals surface area contributed by atoms with Crippen molar-refractivity contribution in [3.63, 3.8) is 0 Å². The maximum atomic E-state index is 12.7. The van der Waals surface area contributed by atoms with E-state index in [1.807, 2.05) is 0 Å². The standard InChI is InChI=1S/C20H13Cl2NO6S/c1-3-6-28-17-13(21)7-11(8-14(17)22)9-16-18(24)23(20(26)30-16)10-12-4-5-15(29-12)19(25)27-2/h1,4-5,7-9H,6,10H2,2H3. The molecule has 0 atom stereocenters. The van der Waals surface area contributed by atoms with Gasteiger partial charge in [-0.2, -0.15) is 0 Å². The van der Waals surface area contributed by atoms with Gasteiger partial charge >= 0.3 is 5.97 Å². The van der Waals surface area contributed by atoms with E-state index < -0.39 is 17.1 Å². The van der Waals surface area contributed by atoms with Gasteiger partial charge in [-0.25, -0.2) is 4.79 Å². The number of hydrogen-bond donors (Lipinski definition) is 0. The molecule has 7 nitrogen and oxygen atoms in total. The topological polar surface area (TPSA) is 86.1 Å². The minimum Gasteiger partial charge on any atom is -0.478 e. The third kappa shape index (κ3) is 4.65. The lowest BCUT2D eigenvalue weighted by Gasteiger charge is -2.10. The van der Waals surface area contributed by atoms with Gasteiger partial charge in [0.05, 0.1) is 28.6 Å². The fourth-order valence-electron chi connectivity index (χ4n) is 2.53. The largest absolute Gasteiger partial charge is 0.478 e. The van der Waals surface area contributed by atoms with Crippen LogP contribution in [0, 0.1) is 12.3 Å². The van der Waals surface area contributed by atoms with E-state index in [1.54, 1.807) is 12.1 Å². The Balaban J connectivity index is 1.79. The van der Waals surface area contributed by atoms with Crippen LogP contribution in [0.4, 0.5) is 4.79 Å². The first-order valence-electron chi connectivity index (χ1n) is 8.31. The van der Waals surface area contributed by atoms with Gasteiger partial charge in [-0.05, 0) is 47.7 Å². The molecule has 0 spiro atoms. The molecule has 1 saturated heterocycles. The molecule has 1 aromatic heterocycles. The molecule has 0 bridgehead atoms. The highest BCUT2D eigenvalue weighted by molar-refractivity contribution is 8.18. The Hall–Kier alpha value is -2.86. The quantitative estimate of drug-likeness (QED) is 0.349. The van der Waals surface area contributed by atoms with Crippen LogP contribution in [0.2, 0.25) is 10.0 Å². The number of amides is 2. The molecular weight excluding hydrogens is 453 g/mol. The van der Waals surface area contributed by atoms with Crippen LogP contribution in [0.1, 0.15) is 21.9 Å². The fraction of sp³-hybridized carbons (Fsp3) is 0.150. The van der Waals surface area contributed by atoms with Crippen molar-refractivity contribution in [3.8, 4) is 18.1 Å². The Morgan fingerprint density at radius 1 is 1.30 bits per heavy atom. The van der Waals surface area contributed by atoms with Crippen molar-refractivity contribution in [2.75, 3.05) is 13.7 Å². The number of esters is 1. The van der Waals surface area contributed by atoms with E-state index in [0.717, 1.165) is 16.7 Å². The highest BCUT2D eigenvalue weighted by Crippen LogP contribution is 2.37. The zero-order chi connectivity index (χ0) is 21.8. The number of carbonyl (C=O) groups excluding carboxylic acids is 3. The van der Waals surface area contributed by atoms with E-state index in [-0.39, 0.29) is 45.4 Å². The van der Waals surface area contributed by atoms with Gasteiger partial charge in [0.1, 0.15) is 12.4 Å². The molecule has 2 heterocycles. The van der Waals surface area contributed by atoms with Crippen molar-refractivity contribution >= 4 is 58.2 Å². The lowest BCUT2D eigenvalue weighted by Crippen LogP contribution is -2.27. The van der Waals surface area contributed by atoms with Gasteiger partial charge in [-0.3, -0.25) is 14.5 Å². The van der Waals surface area contributed by atoms with Crippen molar-refractivity contribution in [1.29, 1.82) is 0 Å². The maximum absolute atomic E-state index is 12.7. The molecule has 0 saturated carbocycles. The second-order valence-corrected chi connectivity index (χ2v) is 7.64. The predicted octanol–water partition coefficient (Wildman–Crippen LogP) is 4.62. The molecule has 1 aliphatic rings. The highest BCUT2D eigenvalue weighted by atomic mass is 35.5. The lowest BCUT2D eigenvalue weighted by molar-refractivity contribution is -0.123. The second-order valence-electron chi connectivity index (χ2n) is 5.83. The number of carbonyl (C=O) groups is 3. The number of thioether (sulfide) groups is 1.